The Labute approximate surface area is 235 Å². The fraction of sp³-hybridized carbons (Fsp3) is 0.562. The lowest BCUT2D eigenvalue weighted by Crippen LogP contribution is -2.48. The van der Waals surface area contributed by atoms with Crippen LogP contribution in [0.15, 0.2) is 72.3 Å². The first-order valence-electron chi connectivity index (χ1n) is 14.2. The van der Waals surface area contributed by atoms with Gasteiger partial charge in [-0.25, -0.2) is 0 Å². The van der Waals surface area contributed by atoms with Crippen LogP contribution >= 0.6 is 7.14 Å². The van der Waals surface area contributed by atoms with Crippen LogP contribution in [-0.4, -0.2) is 35.0 Å². The minimum atomic E-state index is -2.77. The van der Waals surface area contributed by atoms with Crippen molar-refractivity contribution in [2.75, 3.05) is 6.16 Å². The van der Waals surface area contributed by atoms with E-state index in [9.17, 15) is 4.57 Å². The molecule has 0 aromatic heterocycles. The molecule has 210 valence electrons. The van der Waals surface area contributed by atoms with Gasteiger partial charge in [0, 0.05) is 23.2 Å². The number of rotatable bonds is 9. The molecule has 0 spiro atoms. The van der Waals surface area contributed by atoms with Crippen LogP contribution in [0.2, 0.25) is 36.3 Å². The summed E-state index contributed by atoms with van der Waals surface area (Å²) in [4.78, 5) is 0. The molecular formula is C32H51O3PSi2. The van der Waals surface area contributed by atoms with Gasteiger partial charge < -0.3 is 13.4 Å². The first kappa shape index (κ1) is 31.3. The largest absolute Gasteiger partial charge is 0.414 e. The van der Waals surface area contributed by atoms with Gasteiger partial charge in [0.1, 0.15) is 7.14 Å². The summed E-state index contributed by atoms with van der Waals surface area (Å²) in [7, 11) is -6.66. The van der Waals surface area contributed by atoms with E-state index in [4.69, 9.17) is 8.85 Å². The van der Waals surface area contributed by atoms with Crippen molar-refractivity contribution < 1.29 is 13.4 Å². The van der Waals surface area contributed by atoms with Gasteiger partial charge >= 0.3 is 0 Å². The molecule has 3 nitrogen and oxygen atoms in total. The molecule has 2 aromatic carbocycles. The van der Waals surface area contributed by atoms with Crippen LogP contribution in [0.4, 0.5) is 0 Å². The zero-order valence-corrected chi connectivity index (χ0v) is 28.4. The lowest BCUT2D eigenvalue weighted by molar-refractivity contribution is 0.103. The first-order valence-corrected chi connectivity index (χ1v) is 21.9. The summed E-state index contributed by atoms with van der Waals surface area (Å²) in [5, 5.41) is 2.17. The Morgan fingerprint density at radius 1 is 0.763 bits per heavy atom. The van der Waals surface area contributed by atoms with E-state index in [1.165, 1.54) is 5.57 Å². The Morgan fingerprint density at radius 3 is 1.66 bits per heavy atom. The maximum absolute atomic E-state index is 14.7. The van der Waals surface area contributed by atoms with E-state index in [1.807, 2.05) is 60.7 Å². The fourth-order valence-corrected chi connectivity index (χ4v) is 9.95. The fourth-order valence-electron chi connectivity index (χ4n) is 4.59. The molecule has 1 unspecified atom stereocenters. The number of benzene rings is 2. The van der Waals surface area contributed by atoms with Gasteiger partial charge in [0.25, 0.3) is 0 Å². The molecule has 38 heavy (non-hydrogen) atoms. The van der Waals surface area contributed by atoms with Crippen LogP contribution in [-0.2, 0) is 13.4 Å². The van der Waals surface area contributed by atoms with E-state index >= 15 is 0 Å². The van der Waals surface area contributed by atoms with Crippen LogP contribution in [0.3, 0.4) is 0 Å². The van der Waals surface area contributed by atoms with Crippen LogP contribution in [0.1, 0.15) is 60.8 Å². The molecule has 0 saturated heterocycles. The first-order chi connectivity index (χ1) is 17.4. The zero-order chi connectivity index (χ0) is 28.4. The van der Waals surface area contributed by atoms with Crippen molar-refractivity contribution in [3.8, 4) is 0 Å². The van der Waals surface area contributed by atoms with Crippen LogP contribution in [0.25, 0.3) is 0 Å². The highest BCUT2D eigenvalue weighted by Crippen LogP contribution is 2.46. The van der Waals surface area contributed by atoms with Crippen molar-refractivity contribution in [2.45, 2.75) is 109 Å². The summed E-state index contributed by atoms with van der Waals surface area (Å²) in [6, 6.07) is 20.1. The van der Waals surface area contributed by atoms with Gasteiger partial charge in [-0.15, -0.1) is 0 Å². The van der Waals surface area contributed by atoms with Gasteiger partial charge in [0.15, 0.2) is 16.6 Å². The van der Waals surface area contributed by atoms with Gasteiger partial charge in [0.05, 0.1) is 12.2 Å². The van der Waals surface area contributed by atoms with Crippen molar-refractivity contribution in [1.29, 1.82) is 0 Å². The van der Waals surface area contributed by atoms with Gasteiger partial charge in [-0.1, -0.05) is 114 Å². The average Bonchev–Trinajstić information content (AvgIpc) is 2.81. The molecule has 2 atom stereocenters. The molecule has 0 heterocycles. The van der Waals surface area contributed by atoms with Crippen molar-refractivity contribution >= 4 is 34.4 Å². The standard InChI is InChI=1S/C32H51O3PSi2/c1-31(2,3)37(7,8)34-27-23-26(24-28(25-27)35-38(9,10)32(4,5)6)21-22-36(33,29-17-13-11-14-18-29)30-19-15-12-16-20-30/h11-20,23,27-28H,21-22,24-25H2,1-10H3/t27?,28-/m1/s1. The topological polar surface area (TPSA) is 35.5 Å². The van der Waals surface area contributed by atoms with Crippen LogP contribution in [0, 0.1) is 0 Å². The van der Waals surface area contributed by atoms with Gasteiger partial charge in [-0.2, -0.15) is 0 Å². The Balaban J connectivity index is 1.91. The normalized spacial score (nSPS) is 19.8. The van der Waals surface area contributed by atoms with Crippen molar-refractivity contribution in [3.05, 3.63) is 72.3 Å². The smallest absolute Gasteiger partial charge is 0.192 e. The third kappa shape index (κ3) is 7.49. The summed E-state index contributed by atoms with van der Waals surface area (Å²) in [5.41, 5.74) is 1.33. The summed E-state index contributed by atoms with van der Waals surface area (Å²) in [5.74, 6) is 0. The van der Waals surface area contributed by atoms with E-state index < -0.39 is 23.8 Å². The van der Waals surface area contributed by atoms with Gasteiger partial charge in [-0.3, -0.25) is 0 Å². The molecule has 3 rings (SSSR count). The number of hydrogen-bond donors (Lipinski definition) is 0. The molecular weight excluding hydrogens is 519 g/mol. The molecule has 6 heteroatoms. The molecule has 0 fully saturated rings. The molecule has 0 amide bonds. The quantitative estimate of drug-likeness (QED) is 0.172. The molecule has 0 bridgehead atoms. The highest BCUT2D eigenvalue weighted by molar-refractivity contribution is 7.78. The Kier molecular flexibility index (Phi) is 9.64. The lowest BCUT2D eigenvalue weighted by atomic mass is 9.93. The zero-order valence-electron chi connectivity index (χ0n) is 25.5. The van der Waals surface area contributed by atoms with Crippen LogP contribution in [0.5, 0.6) is 0 Å². The van der Waals surface area contributed by atoms with E-state index in [-0.39, 0.29) is 22.3 Å². The van der Waals surface area contributed by atoms with Crippen molar-refractivity contribution in [1.82, 2.24) is 0 Å². The Hall–Kier alpha value is -1.24. The second-order valence-corrected chi connectivity index (χ2v) is 26.5. The molecule has 1 aliphatic carbocycles. The van der Waals surface area contributed by atoms with Gasteiger partial charge in [-0.05, 0) is 49.1 Å². The van der Waals surface area contributed by atoms with E-state index in [0.29, 0.717) is 6.16 Å². The predicted molar refractivity (Wildman–Crippen MR) is 171 cm³/mol. The van der Waals surface area contributed by atoms with Crippen molar-refractivity contribution in [2.24, 2.45) is 0 Å². The molecule has 0 saturated carbocycles. The third-order valence-electron chi connectivity index (χ3n) is 9.02. The van der Waals surface area contributed by atoms with Crippen LogP contribution < -0.4 is 10.6 Å². The molecule has 1 aliphatic rings. The highest BCUT2D eigenvalue weighted by atomic mass is 31.2. The van der Waals surface area contributed by atoms with E-state index in [0.717, 1.165) is 29.9 Å². The molecule has 2 aromatic rings. The summed E-state index contributed by atoms with van der Waals surface area (Å²) in [6.45, 7) is 23.1. The summed E-state index contributed by atoms with van der Waals surface area (Å²) in [6.07, 6.45) is 5.74. The van der Waals surface area contributed by atoms with E-state index in [2.05, 4.69) is 73.8 Å². The maximum atomic E-state index is 14.7. The highest BCUT2D eigenvalue weighted by Gasteiger charge is 2.43. The molecule has 0 radical (unpaired) electrons. The summed E-state index contributed by atoms with van der Waals surface area (Å²) >= 11 is 0. The van der Waals surface area contributed by atoms with E-state index in [1.54, 1.807) is 0 Å². The molecule has 0 N–H and O–H groups in total. The Morgan fingerprint density at radius 2 is 1.21 bits per heavy atom. The maximum Gasteiger partial charge on any atom is 0.192 e. The third-order valence-corrected chi connectivity index (χ3v) is 21.2. The minimum absolute atomic E-state index is 0.0437. The predicted octanol–water partition coefficient (Wildman–Crippen LogP) is 8.89. The second kappa shape index (κ2) is 11.7. The SMILES string of the molecule is CC(C)(C)[Si](C)(C)OC1C=C(CCP(=O)(c2ccccc2)c2ccccc2)C[C@@H](O[Si](C)(C)C(C)(C)C)C1. The second-order valence-electron chi connectivity index (χ2n) is 14.1. The lowest BCUT2D eigenvalue weighted by Gasteiger charge is -2.44. The Bertz CT molecular complexity index is 1090. The minimum Gasteiger partial charge on any atom is -0.414 e. The monoisotopic (exact) mass is 570 g/mol. The summed E-state index contributed by atoms with van der Waals surface area (Å²) < 4.78 is 28.6. The number of hydrogen-bond acceptors (Lipinski definition) is 3. The average molecular weight is 571 g/mol. The molecule has 0 aliphatic heterocycles. The van der Waals surface area contributed by atoms with Gasteiger partial charge in [0.2, 0.25) is 0 Å². The van der Waals surface area contributed by atoms with Crippen molar-refractivity contribution in [3.63, 3.8) is 0 Å².